The largest absolute Gasteiger partial charge is 0.316 e. The molecule has 1 heteroatoms. The third-order valence-corrected chi connectivity index (χ3v) is 4.30. The lowest BCUT2D eigenvalue weighted by Gasteiger charge is -2.12. The van der Waals surface area contributed by atoms with Gasteiger partial charge in [0.05, 0.1) is 5.69 Å². The van der Waals surface area contributed by atoms with E-state index in [0.29, 0.717) is 0 Å². The van der Waals surface area contributed by atoms with Gasteiger partial charge in [0, 0.05) is 11.9 Å². The standard InChI is InChI=1S/C22H25N/c1-3-11-19-17-23(20-15-9-6-10-16-20)22(21(19)12-4-2)18-13-7-5-8-14-18/h5-10,13-17H,3-4,11-12H2,1-2H3. The van der Waals surface area contributed by atoms with Crippen LogP contribution in [0.15, 0.2) is 66.9 Å². The molecule has 0 aliphatic rings. The Hall–Kier alpha value is -2.28. The van der Waals surface area contributed by atoms with Gasteiger partial charge in [-0.2, -0.15) is 0 Å². The summed E-state index contributed by atoms with van der Waals surface area (Å²) in [5, 5.41) is 0. The van der Waals surface area contributed by atoms with Crippen LogP contribution >= 0.6 is 0 Å². The Morgan fingerprint density at radius 2 is 1.35 bits per heavy atom. The highest BCUT2D eigenvalue weighted by molar-refractivity contribution is 5.69. The third-order valence-electron chi connectivity index (χ3n) is 4.30. The first kappa shape index (κ1) is 15.6. The molecular weight excluding hydrogens is 278 g/mol. The summed E-state index contributed by atoms with van der Waals surface area (Å²) in [4.78, 5) is 0. The van der Waals surface area contributed by atoms with Crippen molar-refractivity contribution in [2.75, 3.05) is 0 Å². The quantitative estimate of drug-likeness (QED) is 0.522. The molecule has 1 nitrogen and oxygen atoms in total. The predicted molar refractivity (Wildman–Crippen MR) is 99.2 cm³/mol. The number of aromatic nitrogens is 1. The number of hydrogen-bond acceptors (Lipinski definition) is 0. The summed E-state index contributed by atoms with van der Waals surface area (Å²) in [5.41, 5.74) is 6.93. The zero-order chi connectivity index (χ0) is 16.1. The normalized spacial score (nSPS) is 10.9. The molecule has 118 valence electrons. The van der Waals surface area contributed by atoms with Gasteiger partial charge in [0.2, 0.25) is 0 Å². The average Bonchev–Trinajstić information content (AvgIpc) is 2.96. The molecule has 1 aromatic heterocycles. The highest BCUT2D eigenvalue weighted by Crippen LogP contribution is 2.32. The minimum Gasteiger partial charge on any atom is -0.316 e. The lowest BCUT2D eigenvalue weighted by Crippen LogP contribution is -1.97. The van der Waals surface area contributed by atoms with E-state index in [4.69, 9.17) is 0 Å². The molecule has 23 heavy (non-hydrogen) atoms. The lowest BCUT2D eigenvalue weighted by molar-refractivity contribution is 0.870. The van der Waals surface area contributed by atoms with Gasteiger partial charge < -0.3 is 4.57 Å². The molecule has 0 saturated heterocycles. The molecule has 0 spiro atoms. The Balaban J connectivity index is 2.23. The number of rotatable bonds is 6. The molecule has 0 N–H and O–H groups in total. The number of nitrogens with zero attached hydrogens (tertiary/aromatic N) is 1. The van der Waals surface area contributed by atoms with Crippen LogP contribution in [0.3, 0.4) is 0 Å². The fourth-order valence-electron chi connectivity index (χ4n) is 3.31. The van der Waals surface area contributed by atoms with E-state index in [0.717, 1.165) is 12.8 Å². The molecule has 0 amide bonds. The maximum Gasteiger partial charge on any atom is 0.0563 e. The van der Waals surface area contributed by atoms with Crippen LogP contribution in [0.2, 0.25) is 0 Å². The minimum atomic E-state index is 1.14. The molecule has 0 unspecified atom stereocenters. The minimum absolute atomic E-state index is 1.14. The maximum atomic E-state index is 2.38. The van der Waals surface area contributed by atoms with Crippen molar-refractivity contribution in [3.05, 3.63) is 78.0 Å². The van der Waals surface area contributed by atoms with E-state index >= 15 is 0 Å². The highest BCUT2D eigenvalue weighted by Gasteiger charge is 2.17. The van der Waals surface area contributed by atoms with Crippen molar-refractivity contribution in [3.63, 3.8) is 0 Å². The van der Waals surface area contributed by atoms with Gasteiger partial charge in [0.25, 0.3) is 0 Å². The zero-order valence-corrected chi connectivity index (χ0v) is 14.1. The molecule has 3 rings (SSSR count). The van der Waals surface area contributed by atoms with Crippen molar-refractivity contribution >= 4 is 0 Å². The monoisotopic (exact) mass is 303 g/mol. The number of benzene rings is 2. The Morgan fingerprint density at radius 3 is 1.96 bits per heavy atom. The third kappa shape index (κ3) is 3.24. The van der Waals surface area contributed by atoms with Gasteiger partial charge in [-0.15, -0.1) is 0 Å². The highest BCUT2D eigenvalue weighted by atomic mass is 15.0. The van der Waals surface area contributed by atoms with E-state index in [1.54, 1.807) is 0 Å². The van der Waals surface area contributed by atoms with E-state index in [9.17, 15) is 0 Å². The molecule has 1 heterocycles. The van der Waals surface area contributed by atoms with Crippen LogP contribution in [-0.2, 0) is 12.8 Å². The van der Waals surface area contributed by atoms with Crippen LogP contribution in [0.25, 0.3) is 16.9 Å². The molecule has 0 aliphatic heterocycles. The second-order valence-corrected chi connectivity index (χ2v) is 6.05. The zero-order valence-electron chi connectivity index (χ0n) is 14.1. The number of hydrogen-bond donors (Lipinski definition) is 0. The molecule has 3 aromatic rings. The summed E-state index contributed by atoms with van der Waals surface area (Å²) < 4.78 is 2.38. The first-order valence-electron chi connectivity index (χ1n) is 8.69. The fraction of sp³-hybridized carbons (Fsp3) is 0.273. The van der Waals surface area contributed by atoms with Crippen molar-refractivity contribution in [1.82, 2.24) is 4.57 Å². The summed E-state index contributed by atoms with van der Waals surface area (Å²) in [6, 6.07) is 21.5. The second-order valence-electron chi connectivity index (χ2n) is 6.05. The molecule has 0 atom stereocenters. The topological polar surface area (TPSA) is 4.93 Å². The molecule has 0 saturated carbocycles. The van der Waals surface area contributed by atoms with Gasteiger partial charge in [0.15, 0.2) is 0 Å². The van der Waals surface area contributed by atoms with Crippen molar-refractivity contribution in [3.8, 4) is 16.9 Å². The number of para-hydroxylation sites is 1. The lowest BCUT2D eigenvalue weighted by atomic mass is 9.99. The van der Waals surface area contributed by atoms with Gasteiger partial charge in [-0.3, -0.25) is 0 Å². The Kier molecular flexibility index (Phi) is 4.97. The van der Waals surface area contributed by atoms with Gasteiger partial charge >= 0.3 is 0 Å². The van der Waals surface area contributed by atoms with Crippen molar-refractivity contribution in [1.29, 1.82) is 0 Å². The van der Waals surface area contributed by atoms with Crippen molar-refractivity contribution in [2.24, 2.45) is 0 Å². The van der Waals surface area contributed by atoms with E-state index in [1.165, 1.54) is 40.9 Å². The van der Waals surface area contributed by atoms with Crippen LogP contribution in [-0.4, -0.2) is 4.57 Å². The van der Waals surface area contributed by atoms with Crippen LogP contribution in [0.4, 0.5) is 0 Å². The van der Waals surface area contributed by atoms with E-state index in [2.05, 4.69) is 85.3 Å². The van der Waals surface area contributed by atoms with Gasteiger partial charge in [-0.05, 0) is 41.7 Å². The molecule has 2 aromatic carbocycles. The molecule has 0 fully saturated rings. The second kappa shape index (κ2) is 7.32. The summed E-state index contributed by atoms with van der Waals surface area (Å²) in [6.07, 6.45) is 7.00. The summed E-state index contributed by atoms with van der Waals surface area (Å²) in [6.45, 7) is 4.53. The van der Waals surface area contributed by atoms with E-state index in [-0.39, 0.29) is 0 Å². The van der Waals surface area contributed by atoms with E-state index in [1.807, 2.05) is 0 Å². The van der Waals surface area contributed by atoms with Gasteiger partial charge in [-0.1, -0.05) is 75.2 Å². The van der Waals surface area contributed by atoms with Crippen molar-refractivity contribution < 1.29 is 0 Å². The SMILES string of the molecule is CCCc1cn(-c2ccccc2)c(-c2ccccc2)c1CCC. The maximum absolute atomic E-state index is 2.38. The van der Waals surface area contributed by atoms with Gasteiger partial charge in [0.1, 0.15) is 0 Å². The summed E-state index contributed by atoms with van der Waals surface area (Å²) in [5.74, 6) is 0. The first-order valence-corrected chi connectivity index (χ1v) is 8.69. The Morgan fingerprint density at radius 1 is 0.739 bits per heavy atom. The molecule has 0 radical (unpaired) electrons. The van der Waals surface area contributed by atoms with Gasteiger partial charge in [-0.25, -0.2) is 0 Å². The summed E-state index contributed by atoms with van der Waals surface area (Å²) >= 11 is 0. The molecule has 0 bridgehead atoms. The molecule has 0 aliphatic carbocycles. The smallest absolute Gasteiger partial charge is 0.0563 e. The predicted octanol–water partition coefficient (Wildman–Crippen LogP) is 6.05. The van der Waals surface area contributed by atoms with Crippen molar-refractivity contribution in [2.45, 2.75) is 39.5 Å². The van der Waals surface area contributed by atoms with Crippen LogP contribution in [0.5, 0.6) is 0 Å². The van der Waals surface area contributed by atoms with Crippen LogP contribution in [0, 0.1) is 0 Å². The fourth-order valence-corrected chi connectivity index (χ4v) is 3.31. The van der Waals surface area contributed by atoms with Crippen LogP contribution < -0.4 is 0 Å². The van der Waals surface area contributed by atoms with E-state index < -0.39 is 0 Å². The first-order chi connectivity index (χ1) is 11.3. The Bertz CT molecular complexity index is 738. The summed E-state index contributed by atoms with van der Waals surface area (Å²) in [7, 11) is 0. The average molecular weight is 303 g/mol. The number of aryl methyl sites for hydroxylation is 1. The van der Waals surface area contributed by atoms with Crippen LogP contribution in [0.1, 0.15) is 37.8 Å². The Labute approximate surface area is 139 Å². The molecular formula is C22H25N.